The second-order valence-corrected chi connectivity index (χ2v) is 5.28. The summed E-state index contributed by atoms with van der Waals surface area (Å²) in [4.78, 5) is 11.3. The normalized spacial score (nSPS) is 27.0. The maximum Gasteiger partial charge on any atom is 0.244 e. The van der Waals surface area contributed by atoms with Gasteiger partial charge in [0.05, 0.1) is 0 Å². The molecular weight excluding hydrogens is 182 g/mol. The molecule has 1 amide bonds. The predicted molar refractivity (Wildman–Crippen MR) is 57.9 cm³/mol. The molecule has 0 aromatic carbocycles. The van der Waals surface area contributed by atoms with Crippen LogP contribution in [-0.2, 0) is 4.79 Å². The minimum atomic E-state index is 0.0553. The lowest BCUT2D eigenvalue weighted by Gasteiger charge is -2.09. The summed E-state index contributed by atoms with van der Waals surface area (Å²) in [5.74, 6) is 1.11. The minimum Gasteiger partial charge on any atom is -0.349 e. The van der Waals surface area contributed by atoms with Crippen molar-refractivity contribution in [3.8, 4) is 0 Å². The van der Waals surface area contributed by atoms with Gasteiger partial charge in [-0.25, -0.2) is 0 Å². The van der Waals surface area contributed by atoms with Gasteiger partial charge in [-0.05, 0) is 20.3 Å². The molecule has 0 bridgehead atoms. The van der Waals surface area contributed by atoms with Crippen LogP contribution in [0.15, 0.2) is 11.6 Å². The number of hydrogen-bond donors (Lipinski definition) is 1. The molecule has 2 atom stereocenters. The number of thioether (sulfide) groups is 1. The van der Waals surface area contributed by atoms with Gasteiger partial charge in [-0.1, -0.05) is 12.5 Å². The highest BCUT2D eigenvalue weighted by Gasteiger charge is 2.22. The van der Waals surface area contributed by atoms with E-state index in [-0.39, 0.29) is 5.91 Å². The van der Waals surface area contributed by atoms with Crippen molar-refractivity contribution in [2.24, 2.45) is 0 Å². The molecule has 0 spiro atoms. The molecule has 0 radical (unpaired) electrons. The fraction of sp³-hybridized carbons (Fsp3) is 0.700. The van der Waals surface area contributed by atoms with Crippen LogP contribution >= 0.6 is 11.8 Å². The van der Waals surface area contributed by atoms with Gasteiger partial charge in [-0.3, -0.25) is 4.79 Å². The summed E-state index contributed by atoms with van der Waals surface area (Å²) in [5.41, 5.74) is 1.05. The second-order valence-electron chi connectivity index (χ2n) is 3.81. The lowest BCUT2D eigenvalue weighted by atomic mass is 10.2. The van der Waals surface area contributed by atoms with Gasteiger partial charge < -0.3 is 5.32 Å². The largest absolute Gasteiger partial charge is 0.349 e. The molecule has 1 saturated heterocycles. The Hall–Kier alpha value is -0.440. The number of carbonyl (C=O) groups excluding carboxylic acids is 1. The molecule has 1 fully saturated rings. The first-order valence-corrected chi connectivity index (χ1v) is 5.70. The van der Waals surface area contributed by atoms with E-state index in [9.17, 15) is 4.79 Å². The van der Waals surface area contributed by atoms with Gasteiger partial charge in [0, 0.05) is 23.1 Å². The van der Waals surface area contributed by atoms with Crippen molar-refractivity contribution in [2.45, 2.75) is 38.5 Å². The molecule has 2 nitrogen and oxygen atoms in total. The smallest absolute Gasteiger partial charge is 0.244 e. The topological polar surface area (TPSA) is 29.1 Å². The Balaban J connectivity index is 2.33. The van der Waals surface area contributed by atoms with Gasteiger partial charge >= 0.3 is 0 Å². The summed E-state index contributed by atoms with van der Waals surface area (Å²) in [6, 6.07) is 0.378. The van der Waals surface area contributed by atoms with E-state index in [1.807, 2.05) is 25.6 Å². The number of amides is 1. The molecule has 0 aliphatic carbocycles. The van der Waals surface area contributed by atoms with Crippen LogP contribution in [0.25, 0.3) is 0 Å². The maximum absolute atomic E-state index is 11.3. The van der Waals surface area contributed by atoms with E-state index in [0.29, 0.717) is 11.3 Å². The van der Waals surface area contributed by atoms with Crippen molar-refractivity contribution in [3.63, 3.8) is 0 Å². The van der Waals surface area contributed by atoms with Gasteiger partial charge in [0.2, 0.25) is 5.91 Å². The number of carbonyl (C=O) groups is 1. The second kappa shape index (κ2) is 4.70. The molecular formula is C10H17NOS. The zero-order valence-corrected chi connectivity index (χ0v) is 9.28. The Bertz CT molecular complexity index is 221. The van der Waals surface area contributed by atoms with Gasteiger partial charge in [-0.15, -0.1) is 0 Å². The fourth-order valence-electron chi connectivity index (χ4n) is 1.42. The van der Waals surface area contributed by atoms with Crippen molar-refractivity contribution in [2.75, 3.05) is 5.75 Å². The van der Waals surface area contributed by atoms with Crippen molar-refractivity contribution >= 4 is 17.7 Å². The molecule has 3 heteroatoms. The highest BCUT2D eigenvalue weighted by Crippen LogP contribution is 2.25. The highest BCUT2D eigenvalue weighted by molar-refractivity contribution is 8.00. The van der Waals surface area contributed by atoms with Gasteiger partial charge in [0.1, 0.15) is 0 Å². The molecule has 1 aliphatic heterocycles. The summed E-state index contributed by atoms with van der Waals surface area (Å²) in [6.07, 6.45) is 2.76. The Morgan fingerprint density at radius 2 is 2.23 bits per heavy atom. The zero-order valence-electron chi connectivity index (χ0n) is 8.46. The first-order chi connectivity index (χ1) is 6.08. The number of nitrogens with one attached hydrogen (secondary N) is 1. The van der Waals surface area contributed by atoms with Crippen LogP contribution in [0.5, 0.6) is 0 Å². The van der Waals surface area contributed by atoms with Crippen LogP contribution < -0.4 is 5.32 Å². The molecule has 1 N–H and O–H groups in total. The minimum absolute atomic E-state index is 0.0553. The van der Waals surface area contributed by atoms with Gasteiger partial charge in [0.25, 0.3) is 0 Å². The lowest BCUT2D eigenvalue weighted by Crippen LogP contribution is -2.33. The fourth-order valence-corrected chi connectivity index (χ4v) is 2.57. The first kappa shape index (κ1) is 10.6. The zero-order chi connectivity index (χ0) is 9.84. The first-order valence-electron chi connectivity index (χ1n) is 4.65. The van der Waals surface area contributed by atoms with Crippen molar-refractivity contribution in [1.82, 2.24) is 5.32 Å². The van der Waals surface area contributed by atoms with Crippen LogP contribution in [0.3, 0.4) is 0 Å². The third kappa shape index (κ3) is 3.85. The molecule has 1 aliphatic rings. The van der Waals surface area contributed by atoms with Crippen molar-refractivity contribution in [3.05, 3.63) is 11.6 Å². The van der Waals surface area contributed by atoms with E-state index < -0.39 is 0 Å². The van der Waals surface area contributed by atoms with Crippen LogP contribution in [-0.4, -0.2) is 23.0 Å². The van der Waals surface area contributed by atoms with Gasteiger partial charge in [-0.2, -0.15) is 11.8 Å². The average molecular weight is 199 g/mol. The third-order valence-electron chi connectivity index (χ3n) is 1.96. The summed E-state index contributed by atoms with van der Waals surface area (Å²) in [5, 5.41) is 3.70. The van der Waals surface area contributed by atoms with E-state index in [2.05, 4.69) is 12.2 Å². The van der Waals surface area contributed by atoms with Crippen LogP contribution in [0.1, 0.15) is 27.2 Å². The monoisotopic (exact) mass is 199 g/mol. The van der Waals surface area contributed by atoms with Crippen molar-refractivity contribution < 1.29 is 4.79 Å². The Morgan fingerprint density at radius 3 is 2.69 bits per heavy atom. The molecule has 74 valence electrons. The van der Waals surface area contributed by atoms with Crippen LogP contribution in [0.4, 0.5) is 0 Å². The molecule has 0 aromatic rings. The Morgan fingerprint density at radius 1 is 1.54 bits per heavy atom. The molecule has 2 unspecified atom stereocenters. The van der Waals surface area contributed by atoms with Gasteiger partial charge in [0.15, 0.2) is 0 Å². The van der Waals surface area contributed by atoms with Crippen LogP contribution in [0.2, 0.25) is 0 Å². The maximum atomic E-state index is 11.3. The van der Waals surface area contributed by atoms with E-state index in [4.69, 9.17) is 0 Å². The summed E-state index contributed by atoms with van der Waals surface area (Å²) in [7, 11) is 0. The summed E-state index contributed by atoms with van der Waals surface area (Å²) >= 11 is 1.93. The van der Waals surface area contributed by atoms with E-state index in [0.717, 1.165) is 17.7 Å². The SMILES string of the molecule is CC(C)=CC(=O)NC1CSC(C)C1. The van der Waals surface area contributed by atoms with E-state index >= 15 is 0 Å². The highest BCUT2D eigenvalue weighted by atomic mass is 32.2. The lowest BCUT2D eigenvalue weighted by molar-refractivity contribution is -0.117. The summed E-state index contributed by atoms with van der Waals surface area (Å²) in [6.45, 7) is 6.08. The van der Waals surface area contributed by atoms with E-state index in [1.54, 1.807) is 6.08 Å². The third-order valence-corrected chi connectivity index (χ3v) is 3.32. The van der Waals surface area contributed by atoms with Crippen LogP contribution in [0, 0.1) is 0 Å². The molecule has 1 heterocycles. The molecule has 0 aromatic heterocycles. The average Bonchev–Trinajstić information content (AvgIpc) is 2.33. The predicted octanol–water partition coefficient (Wildman–Crippen LogP) is 1.96. The molecule has 0 saturated carbocycles. The molecule has 1 rings (SSSR count). The van der Waals surface area contributed by atoms with E-state index in [1.165, 1.54) is 0 Å². The quantitative estimate of drug-likeness (QED) is 0.689. The standard InChI is InChI=1S/C10H17NOS/c1-7(2)4-10(12)11-9-5-8(3)13-6-9/h4,8-9H,5-6H2,1-3H3,(H,11,12). The number of allylic oxidation sites excluding steroid dienone is 1. The van der Waals surface area contributed by atoms with Crippen molar-refractivity contribution in [1.29, 1.82) is 0 Å². The Labute approximate surface area is 84.2 Å². The Kier molecular flexibility index (Phi) is 3.85. The number of hydrogen-bond acceptors (Lipinski definition) is 2. The summed E-state index contributed by atoms with van der Waals surface area (Å²) < 4.78 is 0. The molecule has 13 heavy (non-hydrogen) atoms. The number of rotatable bonds is 2.